The van der Waals surface area contributed by atoms with Crippen molar-refractivity contribution in [3.05, 3.63) is 29.3 Å². The van der Waals surface area contributed by atoms with Crippen LogP contribution in [0, 0.1) is 12.3 Å². The van der Waals surface area contributed by atoms with Crippen LogP contribution in [0.15, 0.2) is 18.2 Å². The molecule has 2 N–H and O–H groups in total. The Hall–Kier alpha value is -2.04. The number of benzene rings is 1. The summed E-state index contributed by atoms with van der Waals surface area (Å²) in [6.45, 7) is 4.62. The van der Waals surface area contributed by atoms with Crippen LogP contribution in [0.25, 0.3) is 0 Å². The minimum atomic E-state index is -0.552. The van der Waals surface area contributed by atoms with Crippen molar-refractivity contribution < 1.29 is 14.7 Å². The van der Waals surface area contributed by atoms with Gasteiger partial charge in [-0.2, -0.15) is 0 Å². The fourth-order valence-electron chi connectivity index (χ4n) is 2.61. The van der Waals surface area contributed by atoms with Gasteiger partial charge < -0.3 is 15.3 Å². The summed E-state index contributed by atoms with van der Waals surface area (Å²) in [5.74, 6) is -0.297. The molecule has 0 aromatic heterocycles. The first-order valence-electron chi connectivity index (χ1n) is 6.68. The van der Waals surface area contributed by atoms with Gasteiger partial charge in [0, 0.05) is 20.1 Å². The normalized spacial score (nSPS) is 21.9. The molecule has 0 spiro atoms. The molecular weight excluding hydrogens is 256 g/mol. The van der Waals surface area contributed by atoms with E-state index < -0.39 is 5.41 Å². The van der Waals surface area contributed by atoms with Gasteiger partial charge in [-0.05, 0) is 32.4 Å². The molecule has 0 saturated carbocycles. The molecule has 0 radical (unpaired) electrons. The van der Waals surface area contributed by atoms with Crippen molar-refractivity contribution in [1.29, 1.82) is 0 Å². The maximum absolute atomic E-state index is 12.5. The third-order valence-electron chi connectivity index (χ3n) is 3.92. The molecule has 5 heteroatoms. The second-order valence-corrected chi connectivity index (χ2v) is 5.64. The van der Waals surface area contributed by atoms with Gasteiger partial charge in [-0.25, -0.2) is 0 Å². The van der Waals surface area contributed by atoms with E-state index in [4.69, 9.17) is 0 Å². The Morgan fingerprint density at radius 2 is 2.10 bits per heavy atom. The molecular formula is C15H20N2O3. The number of carbonyl (C=O) groups is 2. The van der Waals surface area contributed by atoms with E-state index in [1.807, 2.05) is 13.8 Å². The summed E-state index contributed by atoms with van der Waals surface area (Å²) in [5.41, 5.74) is 0.662. The highest BCUT2D eigenvalue weighted by molar-refractivity contribution is 5.98. The molecule has 5 nitrogen and oxygen atoms in total. The van der Waals surface area contributed by atoms with E-state index in [-0.39, 0.29) is 17.6 Å². The molecule has 20 heavy (non-hydrogen) atoms. The van der Waals surface area contributed by atoms with Gasteiger partial charge in [0.05, 0.1) is 11.0 Å². The van der Waals surface area contributed by atoms with Gasteiger partial charge >= 0.3 is 0 Å². The fraction of sp³-hybridized carbons (Fsp3) is 0.467. The second kappa shape index (κ2) is 5.15. The van der Waals surface area contributed by atoms with E-state index in [2.05, 4.69) is 5.32 Å². The SMILES string of the molecule is CNC(=O)C1(C)CCN(C(=O)c2cc(C)ccc2O)C1. The van der Waals surface area contributed by atoms with E-state index >= 15 is 0 Å². The quantitative estimate of drug-likeness (QED) is 0.855. The molecule has 108 valence electrons. The lowest BCUT2D eigenvalue weighted by atomic mass is 9.89. The van der Waals surface area contributed by atoms with Gasteiger partial charge in [-0.1, -0.05) is 11.6 Å². The van der Waals surface area contributed by atoms with Crippen molar-refractivity contribution in [2.45, 2.75) is 20.3 Å². The highest BCUT2D eigenvalue weighted by Gasteiger charge is 2.41. The monoisotopic (exact) mass is 276 g/mol. The average molecular weight is 276 g/mol. The zero-order valence-corrected chi connectivity index (χ0v) is 12.1. The van der Waals surface area contributed by atoms with Crippen LogP contribution in [-0.2, 0) is 4.79 Å². The number of phenolic OH excluding ortho intramolecular Hbond substituents is 1. The number of amides is 2. The number of aromatic hydroxyl groups is 1. The van der Waals surface area contributed by atoms with E-state index in [0.717, 1.165) is 5.56 Å². The fourth-order valence-corrected chi connectivity index (χ4v) is 2.61. The van der Waals surface area contributed by atoms with Crippen molar-refractivity contribution in [1.82, 2.24) is 10.2 Å². The molecule has 1 unspecified atom stereocenters. The zero-order chi connectivity index (χ0) is 14.9. The molecule has 1 saturated heterocycles. The average Bonchev–Trinajstić information content (AvgIpc) is 2.83. The number of aryl methyl sites for hydroxylation is 1. The summed E-state index contributed by atoms with van der Waals surface area (Å²) in [6, 6.07) is 4.95. The van der Waals surface area contributed by atoms with Gasteiger partial charge in [-0.3, -0.25) is 9.59 Å². The molecule has 2 rings (SSSR count). The number of likely N-dealkylation sites (tertiary alicyclic amines) is 1. The van der Waals surface area contributed by atoms with Crippen LogP contribution in [0.4, 0.5) is 0 Å². The highest BCUT2D eigenvalue weighted by atomic mass is 16.3. The van der Waals surface area contributed by atoms with Crippen LogP contribution >= 0.6 is 0 Å². The maximum atomic E-state index is 12.5. The smallest absolute Gasteiger partial charge is 0.257 e. The number of hydrogen-bond acceptors (Lipinski definition) is 3. The van der Waals surface area contributed by atoms with Crippen LogP contribution in [0.3, 0.4) is 0 Å². The molecule has 1 aromatic carbocycles. The van der Waals surface area contributed by atoms with E-state index in [1.54, 1.807) is 24.1 Å². The van der Waals surface area contributed by atoms with Crippen molar-refractivity contribution in [2.75, 3.05) is 20.1 Å². The Balaban J connectivity index is 2.20. The summed E-state index contributed by atoms with van der Waals surface area (Å²) >= 11 is 0. The van der Waals surface area contributed by atoms with Crippen LogP contribution in [-0.4, -0.2) is 42.0 Å². The summed E-state index contributed by atoms with van der Waals surface area (Å²) < 4.78 is 0. The predicted octanol–water partition coefficient (Wildman–Crippen LogP) is 1.30. The summed E-state index contributed by atoms with van der Waals surface area (Å²) in [7, 11) is 1.60. The summed E-state index contributed by atoms with van der Waals surface area (Å²) in [5, 5.41) is 12.5. The van der Waals surface area contributed by atoms with E-state index in [0.29, 0.717) is 25.1 Å². The standard InChI is InChI=1S/C15H20N2O3/c1-10-4-5-12(18)11(8-10)13(19)17-7-6-15(2,9-17)14(20)16-3/h4-5,8,18H,6-7,9H2,1-3H3,(H,16,20). The molecule has 1 aromatic rings. The molecule has 0 bridgehead atoms. The highest BCUT2D eigenvalue weighted by Crippen LogP contribution is 2.32. The summed E-state index contributed by atoms with van der Waals surface area (Å²) in [4.78, 5) is 25.9. The lowest BCUT2D eigenvalue weighted by Crippen LogP contribution is -2.40. The third kappa shape index (κ3) is 2.48. The largest absolute Gasteiger partial charge is 0.507 e. The first-order chi connectivity index (χ1) is 9.37. The van der Waals surface area contributed by atoms with Crippen LogP contribution < -0.4 is 5.32 Å². The van der Waals surface area contributed by atoms with Gasteiger partial charge in [0.1, 0.15) is 5.75 Å². The first-order valence-corrected chi connectivity index (χ1v) is 6.68. The van der Waals surface area contributed by atoms with Crippen molar-refractivity contribution in [2.24, 2.45) is 5.41 Å². The van der Waals surface area contributed by atoms with Gasteiger partial charge in [-0.15, -0.1) is 0 Å². The number of phenols is 1. The summed E-state index contributed by atoms with van der Waals surface area (Å²) in [6.07, 6.45) is 0.630. The molecule has 1 fully saturated rings. The molecule has 1 aliphatic rings. The van der Waals surface area contributed by atoms with Gasteiger partial charge in [0.25, 0.3) is 5.91 Å². The molecule has 1 atom stereocenters. The number of nitrogens with one attached hydrogen (secondary N) is 1. The van der Waals surface area contributed by atoms with Gasteiger partial charge in [0.2, 0.25) is 5.91 Å². The lowest BCUT2D eigenvalue weighted by Gasteiger charge is -2.23. The Labute approximate surface area is 118 Å². The zero-order valence-electron chi connectivity index (χ0n) is 12.1. The number of rotatable bonds is 2. The minimum absolute atomic E-state index is 0.0193. The topological polar surface area (TPSA) is 69.6 Å². The van der Waals surface area contributed by atoms with Crippen LogP contribution in [0.2, 0.25) is 0 Å². The Bertz CT molecular complexity index is 556. The van der Waals surface area contributed by atoms with Crippen LogP contribution in [0.5, 0.6) is 5.75 Å². The van der Waals surface area contributed by atoms with Crippen LogP contribution in [0.1, 0.15) is 29.3 Å². The Morgan fingerprint density at radius 3 is 2.75 bits per heavy atom. The Morgan fingerprint density at radius 1 is 1.40 bits per heavy atom. The lowest BCUT2D eigenvalue weighted by molar-refractivity contribution is -0.128. The number of hydrogen-bond donors (Lipinski definition) is 2. The Kier molecular flexibility index (Phi) is 3.70. The predicted molar refractivity (Wildman–Crippen MR) is 75.5 cm³/mol. The maximum Gasteiger partial charge on any atom is 0.257 e. The van der Waals surface area contributed by atoms with Gasteiger partial charge in [0.15, 0.2) is 0 Å². The number of carbonyl (C=O) groups excluding carboxylic acids is 2. The van der Waals surface area contributed by atoms with Crippen molar-refractivity contribution in [3.63, 3.8) is 0 Å². The van der Waals surface area contributed by atoms with E-state index in [1.165, 1.54) is 6.07 Å². The minimum Gasteiger partial charge on any atom is -0.507 e. The first kappa shape index (κ1) is 14.4. The van der Waals surface area contributed by atoms with Crippen molar-refractivity contribution >= 4 is 11.8 Å². The molecule has 1 heterocycles. The third-order valence-corrected chi connectivity index (χ3v) is 3.92. The van der Waals surface area contributed by atoms with Crippen molar-refractivity contribution in [3.8, 4) is 5.75 Å². The van der Waals surface area contributed by atoms with E-state index in [9.17, 15) is 14.7 Å². The number of nitrogens with zero attached hydrogens (tertiary/aromatic N) is 1. The molecule has 0 aliphatic carbocycles. The molecule has 2 amide bonds. The molecule has 1 aliphatic heterocycles. The second-order valence-electron chi connectivity index (χ2n) is 5.64.